The summed E-state index contributed by atoms with van der Waals surface area (Å²) in [5, 5.41) is 0. The quantitative estimate of drug-likeness (QED) is 0.646. The average molecular weight is 317 g/mol. The molecule has 0 aromatic heterocycles. The molecule has 0 amide bonds. The van der Waals surface area contributed by atoms with Gasteiger partial charge in [0.15, 0.2) is 0 Å². The maximum absolute atomic E-state index is 3.31. The van der Waals surface area contributed by atoms with Crippen molar-refractivity contribution in [3.05, 3.63) is 34.4 Å². The van der Waals surface area contributed by atoms with E-state index in [2.05, 4.69) is 39.8 Å². The first-order valence-electron chi connectivity index (χ1n) is 3.58. The number of rotatable bonds is 0. The van der Waals surface area contributed by atoms with Gasteiger partial charge in [0.25, 0.3) is 0 Å². The molecule has 0 fully saturated rings. The normalized spacial score (nSPS) is 9.09. The van der Waals surface area contributed by atoms with Crippen LogP contribution in [0.3, 0.4) is 0 Å². The van der Waals surface area contributed by atoms with Gasteiger partial charge in [0, 0.05) is 21.1 Å². The van der Waals surface area contributed by atoms with Gasteiger partial charge in [-0.3, -0.25) is 0 Å². The van der Waals surface area contributed by atoms with E-state index in [0.29, 0.717) is 0 Å². The summed E-state index contributed by atoms with van der Waals surface area (Å²) in [6, 6.07) is 5.52. The van der Waals surface area contributed by atoms with Gasteiger partial charge in [0.05, 0.1) is 0 Å². The van der Waals surface area contributed by atoms with Gasteiger partial charge in [-0.1, -0.05) is 27.7 Å². The third-order valence-corrected chi connectivity index (χ3v) is 1.99. The summed E-state index contributed by atoms with van der Waals surface area (Å²) in [6.45, 7) is 8.44. The zero-order valence-electron chi connectivity index (χ0n) is 7.49. The molecule has 1 heteroatoms. The number of hydrogen-bond donors (Lipinski definition) is 0. The predicted molar refractivity (Wildman–Crippen MR) is 44.2 cm³/mol. The first kappa shape index (κ1) is 10.9. The fourth-order valence-corrected chi connectivity index (χ4v) is 1.02. The number of aryl methyl sites for hydroxylation is 4. The van der Waals surface area contributed by atoms with Crippen LogP contribution in [-0.2, 0) is 21.1 Å². The molecular formula is C10H13W-. The first-order chi connectivity index (χ1) is 4.61. The van der Waals surface area contributed by atoms with E-state index in [0.717, 1.165) is 0 Å². The van der Waals surface area contributed by atoms with E-state index in [-0.39, 0.29) is 21.1 Å². The van der Waals surface area contributed by atoms with Gasteiger partial charge >= 0.3 is 0 Å². The van der Waals surface area contributed by atoms with Crippen LogP contribution >= 0.6 is 0 Å². The van der Waals surface area contributed by atoms with Crippen LogP contribution in [-0.4, -0.2) is 0 Å². The SMILES string of the molecule is Cc1[c-]c(C)c(C)cc1C.[W]. The third-order valence-electron chi connectivity index (χ3n) is 1.99. The van der Waals surface area contributed by atoms with Gasteiger partial charge in [0.1, 0.15) is 0 Å². The zero-order chi connectivity index (χ0) is 7.72. The summed E-state index contributed by atoms with van der Waals surface area (Å²) < 4.78 is 0. The Morgan fingerprint density at radius 1 is 0.909 bits per heavy atom. The van der Waals surface area contributed by atoms with Crippen LogP contribution in [0.4, 0.5) is 0 Å². The summed E-state index contributed by atoms with van der Waals surface area (Å²) in [7, 11) is 0. The second kappa shape index (κ2) is 4.06. The van der Waals surface area contributed by atoms with Gasteiger partial charge in [-0.05, 0) is 0 Å². The molecule has 60 valence electrons. The summed E-state index contributed by atoms with van der Waals surface area (Å²) in [4.78, 5) is 0. The first-order valence-corrected chi connectivity index (χ1v) is 3.58. The van der Waals surface area contributed by atoms with Crippen LogP contribution in [0, 0.1) is 33.8 Å². The number of hydrogen-bond acceptors (Lipinski definition) is 0. The molecule has 0 atom stereocenters. The van der Waals surface area contributed by atoms with Gasteiger partial charge < -0.3 is 0 Å². The molecule has 0 spiro atoms. The van der Waals surface area contributed by atoms with Crippen molar-refractivity contribution in [2.45, 2.75) is 27.7 Å². The van der Waals surface area contributed by atoms with Crippen molar-refractivity contribution in [3.8, 4) is 0 Å². The van der Waals surface area contributed by atoms with Crippen LogP contribution < -0.4 is 0 Å². The van der Waals surface area contributed by atoms with Crippen molar-refractivity contribution in [3.63, 3.8) is 0 Å². The molecular weight excluding hydrogens is 304 g/mol. The second-order valence-electron chi connectivity index (χ2n) is 2.89. The van der Waals surface area contributed by atoms with Crippen LogP contribution in [0.1, 0.15) is 22.3 Å². The van der Waals surface area contributed by atoms with E-state index in [1.54, 1.807) is 0 Å². The Kier molecular flexibility index (Phi) is 4.03. The summed E-state index contributed by atoms with van der Waals surface area (Å²) in [5.41, 5.74) is 5.21. The fourth-order valence-electron chi connectivity index (χ4n) is 1.02. The van der Waals surface area contributed by atoms with E-state index in [4.69, 9.17) is 0 Å². The summed E-state index contributed by atoms with van der Waals surface area (Å²) in [5.74, 6) is 0. The molecule has 0 radical (unpaired) electrons. The Morgan fingerprint density at radius 2 is 1.27 bits per heavy atom. The van der Waals surface area contributed by atoms with E-state index in [9.17, 15) is 0 Å². The maximum atomic E-state index is 3.31. The van der Waals surface area contributed by atoms with Crippen LogP contribution in [0.5, 0.6) is 0 Å². The second-order valence-corrected chi connectivity index (χ2v) is 2.89. The van der Waals surface area contributed by atoms with Crippen molar-refractivity contribution in [2.75, 3.05) is 0 Å². The van der Waals surface area contributed by atoms with Gasteiger partial charge in [-0.2, -0.15) is 34.4 Å². The smallest absolute Gasteiger partial charge is 0 e. The minimum atomic E-state index is 0. The minimum Gasteiger partial charge on any atom is -0.177 e. The van der Waals surface area contributed by atoms with Crippen LogP contribution in [0.15, 0.2) is 6.07 Å². The van der Waals surface area contributed by atoms with Gasteiger partial charge in [0.2, 0.25) is 0 Å². The van der Waals surface area contributed by atoms with E-state index < -0.39 is 0 Å². The fraction of sp³-hybridized carbons (Fsp3) is 0.400. The van der Waals surface area contributed by atoms with Crippen molar-refractivity contribution >= 4 is 0 Å². The minimum absolute atomic E-state index is 0. The molecule has 0 nitrogen and oxygen atoms in total. The molecule has 0 saturated heterocycles. The van der Waals surface area contributed by atoms with Gasteiger partial charge in [-0.15, -0.1) is 0 Å². The zero-order valence-corrected chi connectivity index (χ0v) is 10.4. The molecule has 0 aliphatic heterocycles. The molecule has 0 N–H and O–H groups in total. The van der Waals surface area contributed by atoms with Crippen molar-refractivity contribution < 1.29 is 21.1 Å². The van der Waals surface area contributed by atoms with Crippen LogP contribution in [0.25, 0.3) is 0 Å². The molecule has 0 aliphatic carbocycles. The summed E-state index contributed by atoms with van der Waals surface area (Å²) in [6.07, 6.45) is 0. The monoisotopic (exact) mass is 317 g/mol. The molecule has 0 saturated carbocycles. The molecule has 0 unspecified atom stereocenters. The Hall–Kier alpha value is -0.0917. The van der Waals surface area contributed by atoms with E-state index in [1.165, 1.54) is 22.3 Å². The number of benzene rings is 1. The molecule has 1 aromatic rings. The third kappa shape index (κ3) is 2.45. The largest absolute Gasteiger partial charge is 0.177 e. The molecule has 0 heterocycles. The average Bonchev–Trinajstić information content (AvgIpc) is 1.84. The molecule has 0 bridgehead atoms. The van der Waals surface area contributed by atoms with Crippen LogP contribution in [0.2, 0.25) is 0 Å². The topological polar surface area (TPSA) is 0 Å². The Morgan fingerprint density at radius 3 is 1.55 bits per heavy atom. The Bertz CT molecular complexity index is 201. The molecule has 0 aliphatic rings. The maximum Gasteiger partial charge on any atom is 0 e. The predicted octanol–water partition coefficient (Wildman–Crippen LogP) is 2.72. The van der Waals surface area contributed by atoms with Crippen molar-refractivity contribution in [2.24, 2.45) is 0 Å². The molecule has 11 heavy (non-hydrogen) atoms. The van der Waals surface area contributed by atoms with Crippen molar-refractivity contribution in [1.82, 2.24) is 0 Å². The van der Waals surface area contributed by atoms with E-state index in [1.807, 2.05) is 0 Å². The van der Waals surface area contributed by atoms with Crippen molar-refractivity contribution in [1.29, 1.82) is 0 Å². The van der Waals surface area contributed by atoms with E-state index >= 15 is 0 Å². The molecule has 1 aromatic carbocycles. The summed E-state index contributed by atoms with van der Waals surface area (Å²) >= 11 is 0. The standard InChI is InChI=1S/C10H13.W/c1-7-5-9(3)10(4)6-8(7)2;/h5H,1-4H3;/q-1;. The Balaban J connectivity index is 0.000001000. The molecule has 1 rings (SSSR count). The van der Waals surface area contributed by atoms with Gasteiger partial charge in [-0.25, -0.2) is 0 Å². The Labute approximate surface area is 83.3 Å².